The Morgan fingerprint density at radius 2 is 1.82 bits per heavy atom. The van der Waals surface area contributed by atoms with E-state index in [2.05, 4.69) is 34.6 Å². The topological polar surface area (TPSA) is 104 Å². The lowest BCUT2D eigenvalue weighted by atomic mass is 9.98. The second kappa shape index (κ2) is 9.95. The average Bonchev–Trinajstić information content (AvgIpc) is 3.16. The number of nitrogens with one attached hydrogen (secondary N) is 1. The number of fused-ring (bicyclic) bond motifs is 3. The van der Waals surface area contributed by atoms with Crippen LogP contribution >= 0.6 is 0 Å². The SMILES string of the molecule is COc1ncc(C=CCCNC(=O)OCC2c3ccccc3-c3ccccc32)cc1[N+](=O)[O-]. The normalized spacial score (nSPS) is 12.3. The van der Waals surface area contributed by atoms with Gasteiger partial charge in [0.05, 0.1) is 12.0 Å². The molecule has 4 rings (SSSR count). The van der Waals surface area contributed by atoms with Crippen LogP contribution in [0.4, 0.5) is 10.5 Å². The molecule has 8 heteroatoms. The first-order valence-corrected chi connectivity index (χ1v) is 10.5. The Balaban J connectivity index is 1.27. The van der Waals surface area contributed by atoms with Crippen molar-refractivity contribution in [3.8, 4) is 17.0 Å². The summed E-state index contributed by atoms with van der Waals surface area (Å²) in [4.78, 5) is 26.7. The molecule has 0 bridgehead atoms. The number of alkyl carbamates (subject to hydrolysis) is 1. The second-order valence-electron chi connectivity index (χ2n) is 7.50. The highest BCUT2D eigenvalue weighted by Crippen LogP contribution is 2.44. The number of pyridine rings is 1. The Labute approximate surface area is 191 Å². The molecule has 8 nitrogen and oxygen atoms in total. The fourth-order valence-electron chi connectivity index (χ4n) is 3.96. The van der Waals surface area contributed by atoms with Crippen LogP contribution in [-0.2, 0) is 4.74 Å². The molecule has 1 aliphatic carbocycles. The molecule has 0 radical (unpaired) electrons. The van der Waals surface area contributed by atoms with Gasteiger partial charge in [-0.3, -0.25) is 10.1 Å². The van der Waals surface area contributed by atoms with E-state index in [0.717, 1.165) is 11.1 Å². The van der Waals surface area contributed by atoms with Crippen LogP contribution < -0.4 is 10.1 Å². The van der Waals surface area contributed by atoms with E-state index in [9.17, 15) is 14.9 Å². The zero-order chi connectivity index (χ0) is 23.2. The molecule has 168 valence electrons. The van der Waals surface area contributed by atoms with Crippen LogP contribution in [-0.4, -0.2) is 36.3 Å². The van der Waals surface area contributed by atoms with E-state index in [1.54, 1.807) is 12.2 Å². The first-order valence-electron chi connectivity index (χ1n) is 10.5. The van der Waals surface area contributed by atoms with Gasteiger partial charge in [0.1, 0.15) is 6.61 Å². The highest BCUT2D eigenvalue weighted by atomic mass is 16.6. The summed E-state index contributed by atoms with van der Waals surface area (Å²) in [6.45, 7) is 0.635. The van der Waals surface area contributed by atoms with Gasteiger partial charge in [-0.15, -0.1) is 0 Å². The lowest BCUT2D eigenvalue weighted by Crippen LogP contribution is -2.26. The Morgan fingerprint density at radius 1 is 1.15 bits per heavy atom. The highest BCUT2D eigenvalue weighted by molar-refractivity contribution is 5.79. The van der Waals surface area contributed by atoms with Crippen molar-refractivity contribution in [2.75, 3.05) is 20.3 Å². The number of amides is 1. The number of hydrogen-bond acceptors (Lipinski definition) is 6. The van der Waals surface area contributed by atoms with Crippen molar-refractivity contribution in [3.63, 3.8) is 0 Å². The van der Waals surface area contributed by atoms with Gasteiger partial charge in [0.25, 0.3) is 5.88 Å². The lowest BCUT2D eigenvalue weighted by molar-refractivity contribution is -0.386. The van der Waals surface area contributed by atoms with E-state index in [4.69, 9.17) is 9.47 Å². The van der Waals surface area contributed by atoms with E-state index in [0.29, 0.717) is 18.5 Å². The smallest absolute Gasteiger partial charge is 0.407 e. The minimum absolute atomic E-state index is 0.0152. The first kappa shape index (κ1) is 22.0. The van der Waals surface area contributed by atoms with Crippen molar-refractivity contribution < 1.29 is 19.2 Å². The summed E-state index contributed by atoms with van der Waals surface area (Å²) < 4.78 is 10.4. The molecule has 3 aromatic rings. The quantitative estimate of drug-likeness (QED) is 0.299. The average molecular weight is 445 g/mol. The number of nitrogens with zero attached hydrogens (tertiary/aromatic N) is 2. The minimum atomic E-state index is -0.540. The Morgan fingerprint density at radius 3 is 2.45 bits per heavy atom. The van der Waals surface area contributed by atoms with Crippen molar-refractivity contribution >= 4 is 17.9 Å². The predicted octanol–water partition coefficient (Wildman–Crippen LogP) is 4.94. The molecule has 0 unspecified atom stereocenters. The summed E-state index contributed by atoms with van der Waals surface area (Å²) in [5.41, 5.74) is 5.06. The maximum absolute atomic E-state index is 12.2. The number of ether oxygens (including phenoxy) is 2. The largest absolute Gasteiger partial charge is 0.476 e. The molecule has 1 heterocycles. The first-order chi connectivity index (χ1) is 16.1. The molecule has 33 heavy (non-hydrogen) atoms. The Bertz CT molecular complexity index is 1160. The number of hydrogen-bond donors (Lipinski definition) is 1. The number of carbonyl (C=O) groups excluding carboxylic acids is 1. The van der Waals surface area contributed by atoms with E-state index >= 15 is 0 Å². The van der Waals surface area contributed by atoms with Crippen LogP contribution in [0.25, 0.3) is 17.2 Å². The zero-order valence-electron chi connectivity index (χ0n) is 18.1. The number of methoxy groups -OCH3 is 1. The minimum Gasteiger partial charge on any atom is -0.476 e. The van der Waals surface area contributed by atoms with E-state index < -0.39 is 11.0 Å². The van der Waals surface area contributed by atoms with Crippen molar-refractivity contribution in [1.29, 1.82) is 0 Å². The number of carbonyl (C=O) groups is 1. The summed E-state index contributed by atoms with van der Waals surface area (Å²) in [5, 5.41) is 13.8. The molecule has 0 fully saturated rings. The van der Waals surface area contributed by atoms with Crippen LogP contribution in [0.5, 0.6) is 5.88 Å². The summed E-state index contributed by atoms with van der Waals surface area (Å²) in [5.74, 6) is -0.0181. The van der Waals surface area contributed by atoms with Crippen LogP contribution in [0, 0.1) is 10.1 Å². The molecule has 0 saturated carbocycles. The molecule has 0 aliphatic heterocycles. The lowest BCUT2D eigenvalue weighted by Gasteiger charge is -2.14. The second-order valence-corrected chi connectivity index (χ2v) is 7.50. The molecule has 1 N–H and O–H groups in total. The third-order valence-corrected chi connectivity index (χ3v) is 5.48. The van der Waals surface area contributed by atoms with Gasteiger partial charge in [-0.1, -0.05) is 60.7 Å². The highest BCUT2D eigenvalue weighted by Gasteiger charge is 2.28. The van der Waals surface area contributed by atoms with E-state index in [-0.39, 0.29) is 24.1 Å². The third kappa shape index (κ3) is 4.85. The molecule has 1 aromatic heterocycles. The van der Waals surface area contributed by atoms with Gasteiger partial charge < -0.3 is 14.8 Å². The molecule has 0 spiro atoms. The molecule has 1 aliphatic rings. The standard InChI is InChI=1S/C25H23N3O5/c1-32-24-23(28(30)31)14-17(15-27-24)8-6-7-13-26-25(29)33-16-22-20-11-4-2-9-18(20)19-10-3-5-12-21(19)22/h2-6,8-12,14-15,22H,7,13,16H2,1H3,(H,26,29). The number of aromatic nitrogens is 1. The van der Waals surface area contributed by atoms with Crippen LogP contribution in [0.15, 0.2) is 66.9 Å². The molecule has 0 atom stereocenters. The van der Waals surface area contributed by atoms with Crippen molar-refractivity contribution in [3.05, 3.63) is 93.7 Å². The fraction of sp³-hybridized carbons (Fsp3) is 0.200. The summed E-state index contributed by atoms with van der Waals surface area (Å²) >= 11 is 0. The van der Waals surface area contributed by atoms with Gasteiger partial charge in [0, 0.05) is 24.7 Å². The van der Waals surface area contributed by atoms with E-state index in [1.807, 2.05) is 24.3 Å². The van der Waals surface area contributed by atoms with Crippen molar-refractivity contribution in [2.45, 2.75) is 12.3 Å². The molecular weight excluding hydrogens is 422 g/mol. The van der Waals surface area contributed by atoms with Crippen LogP contribution in [0.1, 0.15) is 29.0 Å². The number of rotatable bonds is 8. The fourth-order valence-corrected chi connectivity index (χ4v) is 3.96. The van der Waals surface area contributed by atoms with Gasteiger partial charge in [0.2, 0.25) is 0 Å². The van der Waals surface area contributed by atoms with E-state index in [1.165, 1.54) is 30.5 Å². The summed E-state index contributed by atoms with van der Waals surface area (Å²) in [6, 6.07) is 17.7. The van der Waals surface area contributed by atoms with Crippen LogP contribution in [0.3, 0.4) is 0 Å². The summed E-state index contributed by atoms with van der Waals surface area (Å²) in [6.07, 6.45) is 5.05. The Kier molecular flexibility index (Phi) is 6.64. The maximum atomic E-state index is 12.2. The van der Waals surface area contributed by atoms with Gasteiger partial charge >= 0.3 is 11.8 Å². The van der Waals surface area contributed by atoms with Gasteiger partial charge in [-0.2, -0.15) is 0 Å². The molecule has 0 saturated heterocycles. The third-order valence-electron chi connectivity index (χ3n) is 5.48. The molecule has 1 amide bonds. The number of nitro groups is 1. The summed E-state index contributed by atoms with van der Waals surface area (Å²) in [7, 11) is 1.33. The zero-order valence-corrected chi connectivity index (χ0v) is 18.1. The van der Waals surface area contributed by atoms with Gasteiger partial charge in [-0.05, 0) is 34.2 Å². The van der Waals surface area contributed by atoms with Gasteiger partial charge in [-0.25, -0.2) is 9.78 Å². The number of benzene rings is 2. The van der Waals surface area contributed by atoms with Crippen molar-refractivity contribution in [2.24, 2.45) is 0 Å². The predicted molar refractivity (Wildman–Crippen MR) is 124 cm³/mol. The monoisotopic (exact) mass is 445 g/mol. The van der Waals surface area contributed by atoms with Crippen LogP contribution in [0.2, 0.25) is 0 Å². The maximum Gasteiger partial charge on any atom is 0.407 e. The molecular formula is C25H23N3O5. The Hall–Kier alpha value is -4.20. The van der Waals surface area contributed by atoms with Crippen molar-refractivity contribution in [1.82, 2.24) is 10.3 Å². The molecule has 2 aromatic carbocycles. The van der Waals surface area contributed by atoms with Gasteiger partial charge in [0.15, 0.2) is 0 Å².